The largest absolute Gasteiger partial charge is 0.493 e. The fourth-order valence-corrected chi connectivity index (χ4v) is 4.43. The quantitative estimate of drug-likeness (QED) is 0.403. The van der Waals surface area contributed by atoms with Crippen LogP contribution in [0.3, 0.4) is 0 Å². The summed E-state index contributed by atoms with van der Waals surface area (Å²) in [5.41, 5.74) is 0.716. The van der Waals surface area contributed by atoms with Crippen molar-refractivity contribution in [3.05, 3.63) is 54.1 Å². The number of carbonyl (C=O) groups is 2. The summed E-state index contributed by atoms with van der Waals surface area (Å²) in [5.74, 6) is -1.31. The molecule has 3 N–H and O–H groups in total. The summed E-state index contributed by atoms with van der Waals surface area (Å²) in [4.78, 5) is 24.5. The molecule has 2 aromatic rings. The van der Waals surface area contributed by atoms with Crippen molar-refractivity contribution in [2.75, 3.05) is 14.2 Å². The van der Waals surface area contributed by atoms with E-state index in [1.807, 2.05) is 6.92 Å². The second-order valence-corrected chi connectivity index (χ2v) is 9.14. The summed E-state index contributed by atoms with van der Waals surface area (Å²) in [5, 5.41) is 11.9. The van der Waals surface area contributed by atoms with Gasteiger partial charge in [-0.15, -0.1) is 0 Å². The molecule has 0 aromatic heterocycles. The number of carboxylic acids is 1. The number of aliphatic carboxylic acids is 1. The van der Waals surface area contributed by atoms with Crippen LogP contribution in [-0.4, -0.2) is 51.7 Å². The SMILES string of the molecule is CCCC[C@H](NC(=O)[C@H](Cc1ccccc1)NS(=O)(=O)c1ccc(OC)c(OC)c1)C(=O)O. The average Bonchev–Trinajstić information content (AvgIpc) is 2.80. The highest BCUT2D eigenvalue weighted by atomic mass is 32.2. The number of hydrogen-bond donors (Lipinski definition) is 3. The average molecular weight is 479 g/mol. The van der Waals surface area contributed by atoms with Gasteiger partial charge in [-0.05, 0) is 30.5 Å². The second kappa shape index (κ2) is 12.2. The number of ether oxygens (including phenoxy) is 2. The lowest BCUT2D eigenvalue weighted by molar-refractivity contribution is -0.142. The number of sulfonamides is 1. The molecule has 0 spiro atoms. The number of hydrogen-bond acceptors (Lipinski definition) is 6. The number of methoxy groups -OCH3 is 2. The van der Waals surface area contributed by atoms with Gasteiger partial charge in [0.05, 0.1) is 19.1 Å². The summed E-state index contributed by atoms with van der Waals surface area (Å²) in [6.07, 6.45) is 1.66. The summed E-state index contributed by atoms with van der Waals surface area (Å²) < 4.78 is 38.9. The van der Waals surface area contributed by atoms with Gasteiger partial charge in [0.2, 0.25) is 15.9 Å². The number of carboxylic acid groups (broad SMARTS) is 1. The fourth-order valence-electron chi connectivity index (χ4n) is 3.21. The Morgan fingerprint density at radius 1 is 1.00 bits per heavy atom. The van der Waals surface area contributed by atoms with E-state index in [-0.39, 0.29) is 23.5 Å². The molecule has 1 amide bonds. The Kier molecular flexibility index (Phi) is 9.68. The van der Waals surface area contributed by atoms with Gasteiger partial charge in [0.25, 0.3) is 0 Å². The standard InChI is InChI=1S/C23H30N2O7S/c1-4-5-11-18(23(27)28)24-22(26)19(14-16-9-7-6-8-10-16)25-33(29,30)17-12-13-20(31-2)21(15-17)32-3/h6-10,12-13,15,18-19,25H,4-5,11,14H2,1-3H3,(H,24,26)(H,27,28)/t18-,19-/m0/s1. The third-order valence-electron chi connectivity index (χ3n) is 5.02. The molecule has 0 aliphatic carbocycles. The van der Waals surface area contributed by atoms with Crippen LogP contribution in [0.25, 0.3) is 0 Å². The monoisotopic (exact) mass is 478 g/mol. The molecule has 0 saturated carbocycles. The number of rotatable bonds is 13. The molecule has 0 aliphatic heterocycles. The topological polar surface area (TPSA) is 131 Å². The van der Waals surface area contributed by atoms with Crippen molar-refractivity contribution < 1.29 is 32.6 Å². The van der Waals surface area contributed by atoms with E-state index in [1.54, 1.807) is 30.3 Å². The van der Waals surface area contributed by atoms with Crippen molar-refractivity contribution in [2.45, 2.75) is 49.6 Å². The van der Waals surface area contributed by atoms with E-state index in [4.69, 9.17) is 9.47 Å². The molecule has 0 bridgehead atoms. The molecule has 9 nitrogen and oxygen atoms in total. The van der Waals surface area contributed by atoms with E-state index in [9.17, 15) is 23.1 Å². The van der Waals surface area contributed by atoms with Gasteiger partial charge in [-0.25, -0.2) is 13.2 Å². The minimum Gasteiger partial charge on any atom is -0.493 e. The van der Waals surface area contributed by atoms with E-state index >= 15 is 0 Å². The number of amides is 1. The Bertz CT molecular complexity index is 1040. The Labute approximate surface area is 194 Å². The predicted molar refractivity (Wildman–Crippen MR) is 123 cm³/mol. The van der Waals surface area contributed by atoms with E-state index in [0.29, 0.717) is 17.7 Å². The summed E-state index contributed by atoms with van der Waals surface area (Å²) in [7, 11) is -1.33. The van der Waals surface area contributed by atoms with Crippen LogP contribution < -0.4 is 19.5 Å². The van der Waals surface area contributed by atoms with Gasteiger partial charge in [0.15, 0.2) is 11.5 Å². The summed E-state index contributed by atoms with van der Waals surface area (Å²) in [6.45, 7) is 1.91. The highest BCUT2D eigenvalue weighted by molar-refractivity contribution is 7.89. The molecule has 0 saturated heterocycles. The maximum atomic E-state index is 13.1. The zero-order valence-electron chi connectivity index (χ0n) is 18.9. The van der Waals surface area contributed by atoms with Gasteiger partial charge in [0, 0.05) is 6.07 Å². The third-order valence-corrected chi connectivity index (χ3v) is 6.49. The van der Waals surface area contributed by atoms with Gasteiger partial charge in [-0.3, -0.25) is 4.79 Å². The molecular weight excluding hydrogens is 448 g/mol. The van der Waals surface area contributed by atoms with Gasteiger partial charge in [-0.1, -0.05) is 50.1 Å². The minimum atomic E-state index is -4.15. The van der Waals surface area contributed by atoms with Gasteiger partial charge >= 0.3 is 5.97 Å². The predicted octanol–water partition coefficient (Wildman–Crippen LogP) is 2.35. The number of carbonyl (C=O) groups excluding carboxylic acids is 1. The first-order chi connectivity index (χ1) is 15.7. The van der Waals surface area contributed by atoms with Crippen molar-refractivity contribution in [3.8, 4) is 11.5 Å². The molecule has 0 aliphatic rings. The Morgan fingerprint density at radius 3 is 2.24 bits per heavy atom. The number of benzene rings is 2. The smallest absolute Gasteiger partial charge is 0.326 e. The zero-order chi connectivity index (χ0) is 24.4. The highest BCUT2D eigenvalue weighted by Crippen LogP contribution is 2.29. The molecule has 0 heterocycles. The minimum absolute atomic E-state index is 0.0410. The number of nitrogens with one attached hydrogen (secondary N) is 2. The highest BCUT2D eigenvalue weighted by Gasteiger charge is 2.30. The normalized spacial score (nSPS) is 13.1. The van der Waals surface area contributed by atoms with Crippen LogP contribution in [0, 0.1) is 0 Å². The van der Waals surface area contributed by atoms with E-state index in [1.165, 1.54) is 32.4 Å². The van der Waals surface area contributed by atoms with Crippen LogP contribution in [0.1, 0.15) is 31.7 Å². The Hall–Kier alpha value is -3.11. The van der Waals surface area contributed by atoms with Crippen LogP contribution in [0.15, 0.2) is 53.4 Å². The first-order valence-electron chi connectivity index (χ1n) is 10.5. The lowest BCUT2D eigenvalue weighted by Crippen LogP contribution is -2.52. The molecule has 2 atom stereocenters. The Balaban J connectivity index is 2.33. The van der Waals surface area contributed by atoms with Crippen molar-refractivity contribution in [1.29, 1.82) is 0 Å². The van der Waals surface area contributed by atoms with Crippen LogP contribution in [0.4, 0.5) is 0 Å². The molecule has 2 aromatic carbocycles. The summed E-state index contributed by atoms with van der Waals surface area (Å²) in [6, 6.07) is 10.6. The molecule has 10 heteroatoms. The second-order valence-electron chi connectivity index (χ2n) is 7.42. The van der Waals surface area contributed by atoms with Crippen molar-refractivity contribution in [3.63, 3.8) is 0 Å². The number of unbranched alkanes of at least 4 members (excludes halogenated alkanes) is 1. The maximum Gasteiger partial charge on any atom is 0.326 e. The van der Waals surface area contributed by atoms with Gasteiger partial charge in [-0.2, -0.15) is 4.72 Å². The zero-order valence-corrected chi connectivity index (χ0v) is 19.7. The van der Waals surface area contributed by atoms with Gasteiger partial charge < -0.3 is 19.9 Å². The van der Waals surface area contributed by atoms with Crippen LogP contribution in [0.2, 0.25) is 0 Å². The van der Waals surface area contributed by atoms with Crippen LogP contribution in [0.5, 0.6) is 11.5 Å². The molecule has 0 fully saturated rings. The van der Waals surface area contributed by atoms with E-state index in [2.05, 4.69) is 10.0 Å². The van der Waals surface area contributed by atoms with Crippen molar-refractivity contribution in [2.24, 2.45) is 0 Å². The van der Waals surface area contributed by atoms with Crippen LogP contribution in [-0.2, 0) is 26.0 Å². The first kappa shape index (κ1) is 26.1. The molecule has 0 unspecified atom stereocenters. The summed E-state index contributed by atoms with van der Waals surface area (Å²) >= 11 is 0. The fraction of sp³-hybridized carbons (Fsp3) is 0.391. The van der Waals surface area contributed by atoms with Crippen LogP contribution >= 0.6 is 0 Å². The molecule has 180 valence electrons. The van der Waals surface area contributed by atoms with Crippen molar-refractivity contribution >= 4 is 21.9 Å². The van der Waals surface area contributed by atoms with Crippen molar-refractivity contribution in [1.82, 2.24) is 10.0 Å². The lowest BCUT2D eigenvalue weighted by Gasteiger charge is -2.22. The molecular formula is C23H30N2O7S. The lowest BCUT2D eigenvalue weighted by atomic mass is 10.0. The molecule has 2 rings (SSSR count). The van der Waals surface area contributed by atoms with Gasteiger partial charge in [0.1, 0.15) is 12.1 Å². The molecule has 33 heavy (non-hydrogen) atoms. The van der Waals surface area contributed by atoms with E-state index in [0.717, 1.165) is 6.42 Å². The Morgan fingerprint density at radius 2 is 1.67 bits per heavy atom. The molecule has 0 radical (unpaired) electrons. The first-order valence-corrected chi connectivity index (χ1v) is 12.0. The third kappa shape index (κ3) is 7.47. The van der Waals surface area contributed by atoms with E-state index < -0.39 is 34.0 Å². The maximum absolute atomic E-state index is 13.1.